The lowest BCUT2D eigenvalue weighted by Crippen LogP contribution is -2.18. The fourth-order valence-corrected chi connectivity index (χ4v) is 1.40. The number of hydrogen-bond acceptors (Lipinski definition) is 3. The van der Waals surface area contributed by atoms with Gasteiger partial charge in [-0.2, -0.15) is 0 Å². The van der Waals surface area contributed by atoms with Crippen LogP contribution in [0.1, 0.15) is 12.8 Å². The molecule has 0 unspecified atom stereocenters. The third-order valence-corrected chi connectivity index (χ3v) is 1.98. The maximum atomic E-state index is 4.22. The largest absolute Gasteiger partial charge is 0.355 e. The molecule has 0 spiro atoms. The molecule has 0 bridgehead atoms. The van der Waals surface area contributed by atoms with Crippen LogP contribution in [-0.4, -0.2) is 23.1 Å². The zero-order chi connectivity index (χ0) is 7.52. The first kappa shape index (κ1) is 6.58. The minimum Gasteiger partial charge on any atom is -0.355 e. The summed E-state index contributed by atoms with van der Waals surface area (Å²) in [5.74, 6) is 1.02. The Labute approximate surface area is 66.1 Å². The van der Waals surface area contributed by atoms with Crippen LogP contribution in [0, 0.1) is 0 Å². The van der Waals surface area contributed by atoms with Crippen LogP contribution in [0.4, 0.5) is 5.82 Å². The van der Waals surface area contributed by atoms with Crippen LogP contribution in [-0.2, 0) is 0 Å². The first-order valence-corrected chi connectivity index (χ1v) is 3.98. The monoisotopic (exact) mass is 149 g/mol. The molecule has 0 aromatic carbocycles. The molecule has 0 radical (unpaired) electrons. The normalized spacial score (nSPS) is 17.3. The molecule has 1 fully saturated rings. The highest BCUT2D eigenvalue weighted by Crippen LogP contribution is 2.14. The van der Waals surface area contributed by atoms with Gasteiger partial charge in [-0.3, -0.25) is 4.98 Å². The molecule has 1 aliphatic rings. The Morgan fingerprint density at radius 2 is 2.00 bits per heavy atom. The zero-order valence-corrected chi connectivity index (χ0v) is 6.40. The van der Waals surface area contributed by atoms with Crippen molar-refractivity contribution in [3.05, 3.63) is 18.6 Å². The molecule has 3 heteroatoms. The molecule has 1 saturated heterocycles. The van der Waals surface area contributed by atoms with Crippen LogP contribution in [0.3, 0.4) is 0 Å². The van der Waals surface area contributed by atoms with Gasteiger partial charge in [-0.1, -0.05) is 0 Å². The second kappa shape index (κ2) is 2.86. The molecule has 1 aromatic heterocycles. The predicted molar refractivity (Wildman–Crippen MR) is 43.5 cm³/mol. The number of anilines is 1. The van der Waals surface area contributed by atoms with Crippen LogP contribution < -0.4 is 4.90 Å². The molecule has 2 heterocycles. The van der Waals surface area contributed by atoms with Crippen molar-refractivity contribution in [1.29, 1.82) is 0 Å². The third kappa shape index (κ3) is 1.31. The smallest absolute Gasteiger partial charge is 0.147 e. The molecule has 11 heavy (non-hydrogen) atoms. The third-order valence-electron chi connectivity index (χ3n) is 1.98. The van der Waals surface area contributed by atoms with E-state index in [2.05, 4.69) is 14.9 Å². The molecule has 0 atom stereocenters. The van der Waals surface area contributed by atoms with Crippen LogP contribution >= 0.6 is 0 Å². The van der Waals surface area contributed by atoms with Crippen molar-refractivity contribution in [3.63, 3.8) is 0 Å². The Balaban J connectivity index is 2.16. The summed E-state index contributed by atoms with van der Waals surface area (Å²) in [6.07, 6.45) is 7.85. The molecule has 1 aromatic rings. The lowest BCUT2D eigenvalue weighted by atomic mass is 10.4. The summed E-state index contributed by atoms with van der Waals surface area (Å²) >= 11 is 0. The minimum absolute atomic E-state index is 1.02. The summed E-state index contributed by atoms with van der Waals surface area (Å²) in [5.41, 5.74) is 0. The molecule has 0 N–H and O–H groups in total. The molecular formula is C8H11N3. The van der Waals surface area contributed by atoms with Crippen LogP contribution in [0.2, 0.25) is 0 Å². The van der Waals surface area contributed by atoms with Crippen molar-refractivity contribution in [3.8, 4) is 0 Å². The van der Waals surface area contributed by atoms with Gasteiger partial charge in [-0.25, -0.2) is 4.98 Å². The molecule has 58 valence electrons. The maximum Gasteiger partial charge on any atom is 0.147 e. The summed E-state index contributed by atoms with van der Waals surface area (Å²) in [5, 5.41) is 0. The van der Waals surface area contributed by atoms with Gasteiger partial charge in [-0.15, -0.1) is 0 Å². The number of nitrogens with zero attached hydrogens (tertiary/aromatic N) is 3. The number of rotatable bonds is 1. The van der Waals surface area contributed by atoms with Gasteiger partial charge in [0, 0.05) is 25.5 Å². The number of aromatic nitrogens is 2. The van der Waals surface area contributed by atoms with Gasteiger partial charge >= 0.3 is 0 Å². The van der Waals surface area contributed by atoms with Crippen molar-refractivity contribution in [2.75, 3.05) is 18.0 Å². The topological polar surface area (TPSA) is 29.0 Å². The fourth-order valence-electron chi connectivity index (χ4n) is 1.40. The van der Waals surface area contributed by atoms with Gasteiger partial charge in [-0.05, 0) is 12.8 Å². The average molecular weight is 149 g/mol. The highest BCUT2D eigenvalue weighted by molar-refractivity contribution is 5.35. The summed E-state index contributed by atoms with van der Waals surface area (Å²) in [4.78, 5) is 10.5. The van der Waals surface area contributed by atoms with E-state index in [1.54, 1.807) is 12.4 Å². The van der Waals surface area contributed by atoms with E-state index in [-0.39, 0.29) is 0 Å². The molecule has 3 nitrogen and oxygen atoms in total. The quantitative estimate of drug-likeness (QED) is 0.598. The SMILES string of the molecule is c1cnc(N2CCCC2)cn1. The first-order chi connectivity index (χ1) is 5.47. The lowest BCUT2D eigenvalue weighted by molar-refractivity contribution is 0.926. The molecular weight excluding hydrogens is 138 g/mol. The standard InChI is InChI=1S/C8H11N3/c1-2-6-11(5-1)8-7-9-3-4-10-8/h3-4,7H,1-2,5-6H2. The van der Waals surface area contributed by atoms with E-state index in [0.29, 0.717) is 0 Å². The van der Waals surface area contributed by atoms with E-state index in [1.165, 1.54) is 12.8 Å². The average Bonchev–Trinajstić information content (AvgIpc) is 2.58. The molecule has 0 aliphatic carbocycles. The maximum absolute atomic E-state index is 4.22. The van der Waals surface area contributed by atoms with Crippen molar-refractivity contribution in [2.45, 2.75) is 12.8 Å². The van der Waals surface area contributed by atoms with Crippen LogP contribution in [0.15, 0.2) is 18.6 Å². The molecule has 0 amide bonds. The summed E-state index contributed by atoms with van der Waals surface area (Å²) in [7, 11) is 0. The van der Waals surface area contributed by atoms with Crippen molar-refractivity contribution in [1.82, 2.24) is 9.97 Å². The Kier molecular flexibility index (Phi) is 1.71. The van der Waals surface area contributed by atoms with E-state index in [0.717, 1.165) is 18.9 Å². The Hall–Kier alpha value is -1.12. The molecule has 2 rings (SSSR count). The summed E-state index contributed by atoms with van der Waals surface area (Å²) in [6.45, 7) is 2.28. The summed E-state index contributed by atoms with van der Waals surface area (Å²) in [6, 6.07) is 0. The highest BCUT2D eigenvalue weighted by Gasteiger charge is 2.12. The fraction of sp³-hybridized carbons (Fsp3) is 0.500. The lowest BCUT2D eigenvalue weighted by Gasteiger charge is -2.14. The highest BCUT2D eigenvalue weighted by atomic mass is 15.2. The second-order valence-electron chi connectivity index (χ2n) is 2.76. The van der Waals surface area contributed by atoms with E-state index in [4.69, 9.17) is 0 Å². The van der Waals surface area contributed by atoms with Crippen molar-refractivity contribution < 1.29 is 0 Å². The van der Waals surface area contributed by atoms with Gasteiger partial charge in [0.15, 0.2) is 0 Å². The van der Waals surface area contributed by atoms with Gasteiger partial charge in [0.25, 0.3) is 0 Å². The van der Waals surface area contributed by atoms with E-state index in [1.807, 2.05) is 6.20 Å². The second-order valence-corrected chi connectivity index (χ2v) is 2.76. The minimum atomic E-state index is 1.02. The van der Waals surface area contributed by atoms with E-state index < -0.39 is 0 Å². The van der Waals surface area contributed by atoms with Gasteiger partial charge < -0.3 is 4.90 Å². The Bertz CT molecular complexity index is 216. The van der Waals surface area contributed by atoms with Crippen molar-refractivity contribution >= 4 is 5.82 Å². The van der Waals surface area contributed by atoms with Gasteiger partial charge in [0.1, 0.15) is 5.82 Å². The summed E-state index contributed by atoms with van der Waals surface area (Å²) < 4.78 is 0. The Morgan fingerprint density at radius 1 is 1.18 bits per heavy atom. The van der Waals surface area contributed by atoms with Gasteiger partial charge in [0.2, 0.25) is 0 Å². The van der Waals surface area contributed by atoms with Gasteiger partial charge in [0.05, 0.1) is 6.20 Å². The zero-order valence-electron chi connectivity index (χ0n) is 6.40. The van der Waals surface area contributed by atoms with Crippen LogP contribution in [0.25, 0.3) is 0 Å². The first-order valence-electron chi connectivity index (χ1n) is 3.98. The van der Waals surface area contributed by atoms with Crippen molar-refractivity contribution in [2.24, 2.45) is 0 Å². The number of hydrogen-bond donors (Lipinski definition) is 0. The molecule has 1 aliphatic heterocycles. The molecule has 0 saturated carbocycles. The predicted octanol–water partition coefficient (Wildman–Crippen LogP) is 1.08. The Morgan fingerprint density at radius 3 is 2.64 bits per heavy atom. The van der Waals surface area contributed by atoms with Crippen LogP contribution in [0.5, 0.6) is 0 Å². The van der Waals surface area contributed by atoms with E-state index in [9.17, 15) is 0 Å². The van der Waals surface area contributed by atoms with E-state index >= 15 is 0 Å².